The Hall–Kier alpha value is -2.80. The van der Waals surface area contributed by atoms with Gasteiger partial charge in [0.2, 0.25) is 6.10 Å². The van der Waals surface area contributed by atoms with Crippen molar-refractivity contribution in [3.63, 3.8) is 0 Å². The van der Waals surface area contributed by atoms with Crippen LogP contribution >= 0.6 is 0 Å². The molecule has 0 fully saturated rings. The number of hydrogen-bond donors (Lipinski definition) is 0. The monoisotopic (exact) mass is 281 g/mol. The van der Waals surface area contributed by atoms with Gasteiger partial charge in [0, 0.05) is 5.56 Å². The minimum Gasteiger partial charge on any atom is -0.473 e. The Morgan fingerprint density at radius 2 is 1.81 bits per heavy atom. The van der Waals surface area contributed by atoms with Crippen molar-refractivity contribution in [2.75, 3.05) is 6.61 Å². The van der Waals surface area contributed by atoms with E-state index in [1.54, 1.807) is 43.3 Å². The number of carbonyl (C=O) groups excluding carboxylic acids is 1. The van der Waals surface area contributed by atoms with Gasteiger partial charge < -0.3 is 9.47 Å². The van der Waals surface area contributed by atoms with Crippen LogP contribution in [0.25, 0.3) is 0 Å². The molecule has 106 valence electrons. The number of benzene rings is 2. The molecular weight excluding hydrogens is 266 g/mol. The van der Waals surface area contributed by atoms with Crippen molar-refractivity contribution in [3.8, 4) is 11.8 Å². The van der Waals surface area contributed by atoms with E-state index < -0.39 is 12.1 Å². The SMILES string of the molecule is CCOC(=O)C(Oc1ccccc1C#N)c1ccccc1. The van der Waals surface area contributed by atoms with Crippen LogP contribution in [0.1, 0.15) is 24.2 Å². The molecular formula is C17H15NO3. The molecule has 0 aliphatic heterocycles. The normalized spacial score (nSPS) is 11.2. The third-order valence-electron chi connectivity index (χ3n) is 2.86. The van der Waals surface area contributed by atoms with Gasteiger partial charge in [-0.25, -0.2) is 4.79 Å². The zero-order chi connectivity index (χ0) is 15.1. The highest BCUT2D eigenvalue weighted by molar-refractivity contribution is 5.77. The lowest BCUT2D eigenvalue weighted by Crippen LogP contribution is -2.21. The molecule has 0 radical (unpaired) electrons. The Morgan fingerprint density at radius 3 is 2.48 bits per heavy atom. The first-order valence-corrected chi connectivity index (χ1v) is 6.63. The fourth-order valence-corrected chi connectivity index (χ4v) is 1.89. The first-order chi connectivity index (χ1) is 10.3. The molecule has 0 aliphatic rings. The van der Waals surface area contributed by atoms with Gasteiger partial charge in [0.15, 0.2) is 0 Å². The summed E-state index contributed by atoms with van der Waals surface area (Å²) < 4.78 is 10.8. The lowest BCUT2D eigenvalue weighted by atomic mass is 10.1. The predicted molar refractivity (Wildman–Crippen MR) is 77.6 cm³/mol. The summed E-state index contributed by atoms with van der Waals surface area (Å²) in [5.41, 5.74) is 1.06. The molecule has 0 aromatic heterocycles. The number of esters is 1. The van der Waals surface area contributed by atoms with Gasteiger partial charge >= 0.3 is 5.97 Å². The van der Waals surface area contributed by atoms with E-state index in [-0.39, 0.29) is 6.61 Å². The number of para-hydroxylation sites is 1. The predicted octanol–water partition coefficient (Wildman–Crippen LogP) is 3.24. The van der Waals surface area contributed by atoms with Crippen molar-refractivity contribution in [3.05, 3.63) is 65.7 Å². The Morgan fingerprint density at radius 1 is 1.14 bits per heavy atom. The smallest absolute Gasteiger partial charge is 0.352 e. The summed E-state index contributed by atoms with van der Waals surface area (Å²) in [4.78, 5) is 12.1. The topological polar surface area (TPSA) is 59.3 Å². The van der Waals surface area contributed by atoms with Crippen molar-refractivity contribution in [1.82, 2.24) is 0 Å². The molecule has 0 saturated carbocycles. The Kier molecular flexibility index (Phi) is 4.94. The minimum absolute atomic E-state index is 0.269. The van der Waals surface area contributed by atoms with Crippen LogP contribution in [0, 0.1) is 11.3 Å². The highest BCUT2D eigenvalue weighted by Crippen LogP contribution is 2.26. The largest absolute Gasteiger partial charge is 0.473 e. The average Bonchev–Trinajstić information content (AvgIpc) is 2.54. The summed E-state index contributed by atoms with van der Waals surface area (Å²) in [6.45, 7) is 2.01. The molecule has 0 amide bonds. The van der Waals surface area contributed by atoms with Crippen LogP contribution in [0.15, 0.2) is 54.6 Å². The van der Waals surface area contributed by atoms with Gasteiger partial charge in [0.05, 0.1) is 12.2 Å². The summed E-state index contributed by atoms with van der Waals surface area (Å²) in [7, 11) is 0. The molecule has 0 saturated heterocycles. The lowest BCUT2D eigenvalue weighted by Gasteiger charge is -2.18. The Balaban J connectivity index is 2.33. The van der Waals surface area contributed by atoms with Gasteiger partial charge in [-0.3, -0.25) is 0 Å². The van der Waals surface area contributed by atoms with Crippen LogP contribution in [0.3, 0.4) is 0 Å². The maximum atomic E-state index is 12.1. The molecule has 2 rings (SSSR count). The fourth-order valence-electron chi connectivity index (χ4n) is 1.89. The maximum absolute atomic E-state index is 12.1. The lowest BCUT2D eigenvalue weighted by molar-refractivity contribution is -0.151. The highest BCUT2D eigenvalue weighted by atomic mass is 16.6. The Labute approximate surface area is 123 Å². The van der Waals surface area contributed by atoms with Crippen molar-refractivity contribution in [2.45, 2.75) is 13.0 Å². The van der Waals surface area contributed by atoms with Gasteiger partial charge in [-0.1, -0.05) is 42.5 Å². The van der Waals surface area contributed by atoms with Gasteiger partial charge in [-0.05, 0) is 19.1 Å². The van der Waals surface area contributed by atoms with E-state index in [1.807, 2.05) is 24.3 Å². The zero-order valence-electron chi connectivity index (χ0n) is 11.7. The van der Waals surface area contributed by atoms with E-state index in [4.69, 9.17) is 14.7 Å². The maximum Gasteiger partial charge on any atom is 0.352 e. The highest BCUT2D eigenvalue weighted by Gasteiger charge is 2.24. The fraction of sp³-hybridized carbons (Fsp3) is 0.176. The molecule has 0 aliphatic carbocycles. The standard InChI is InChI=1S/C17H15NO3/c1-2-20-17(19)16(13-8-4-3-5-9-13)21-15-11-7-6-10-14(15)12-18/h3-11,16H,2H2,1H3. The van der Waals surface area contributed by atoms with Crippen LogP contribution in [-0.4, -0.2) is 12.6 Å². The number of ether oxygens (including phenoxy) is 2. The molecule has 1 atom stereocenters. The summed E-state index contributed by atoms with van der Waals surface area (Å²) in [5.74, 6) is -0.113. The van der Waals surface area contributed by atoms with Crippen molar-refractivity contribution in [1.29, 1.82) is 5.26 Å². The minimum atomic E-state index is -0.888. The van der Waals surface area contributed by atoms with Crippen LogP contribution in [0.2, 0.25) is 0 Å². The number of nitriles is 1. The second-order valence-corrected chi connectivity index (χ2v) is 4.27. The second kappa shape index (κ2) is 7.11. The number of rotatable bonds is 5. The van der Waals surface area contributed by atoms with Gasteiger partial charge in [0.25, 0.3) is 0 Å². The van der Waals surface area contributed by atoms with Crippen LogP contribution in [-0.2, 0) is 9.53 Å². The molecule has 0 N–H and O–H groups in total. The molecule has 4 heteroatoms. The first kappa shape index (κ1) is 14.6. The van der Waals surface area contributed by atoms with E-state index in [0.717, 1.165) is 0 Å². The van der Waals surface area contributed by atoms with Gasteiger partial charge in [0.1, 0.15) is 11.8 Å². The van der Waals surface area contributed by atoms with E-state index in [1.165, 1.54) is 0 Å². The van der Waals surface area contributed by atoms with Gasteiger partial charge in [-0.2, -0.15) is 5.26 Å². The van der Waals surface area contributed by atoms with Crippen molar-refractivity contribution < 1.29 is 14.3 Å². The number of carbonyl (C=O) groups is 1. The summed E-state index contributed by atoms with van der Waals surface area (Å²) in [5, 5.41) is 9.10. The molecule has 0 heterocycles. The quantitative estimate of drug-likeness (QED) is 0.789. The van der Waals surface area contributed by atoms with Crippen molar-refractivity contribution >= 4 is 5.97 Å². The summed E-state index contributed by atoms with van der Waals surface area (Å²) >= 11 is 0. The summed E-state index contributed by atoms with van der Waals surface area (Å²) in [6, 6.07) is 17.9. The van der Waals surface area contributed by atoms with E-state index in [9.17, 15) is 4.79 Å². The van der Waals surface area contributed by atoms with Gasteiger partial charge in [-0.15, -0.1) is 0 Å². The van der Waals surface area contributed by atoms with E-state index in [2.05, 4.69) is 0 Å². The molecule has 1 unspecified atom stereocenters. The third kappa shape index (κ3) is 3.61. The molecule has 2 aromatic rings. The van der Waals surface area contributed by atoms with E-state index in [0.29, 0.717) is 16.9 Å². The first-order valence-electron chi connectivity index (χ1n) is 6.63. The van der Waals surface area contributed by atoms with Crippen LogP contribution in [0.5, 0.6) is 5.75 Å². The van der Waals surface area contributed by atoms with E-state index >= 15 is 0 Å². The van der Waals surface area contributed by atoms with Crippen LogP contribution < -0.4 is 4.74 Å². The number of hydrogen-bond acceptors (Lipinski definition) is 4. The number of nitrogens with zero attached hydrogens (tertiary/aromatic N) is 1. The molecule has 0 bridgehead atoms. The second-order valence-electron chi connectivity index (χ2n) is 4.27. The molecule has 2 aromatic carbocycles. The molecule has 4 nitrogen and oxygen atoms in total. The molecule has 21 heavy (non-hydrogen) atoms. The molecule has 0 spiro atoms. The zero-order valence-corrected chi connectivity index (χ0v) is 11.7. The van der Waals surface area contributed by atoms with Crippen LogP contribution in [0.4, 0.5) is 0 Å². The Bertz CT molecular complexity index is 647. The average molecular weight is 281 g/mol. The third-order valence-corrected chi connectivity index (χ3v) is 2.86. The van der Waals surface area contributed by atoms with Crippen molar-refractivity contribution in [2.24, 2.45) is 0 Å². The summed E-state index contributed by atoms with van der Waals surface area (Å²) in [6.07, 6.45) is -0.888.